The molecule has 0 amide bonds. The minimum absolute atomic E-state index is 0.000951. The van der Waals surface area contributed by atoms with Crippen molar-refractivity contribution in [2.24, 2.45) is 5.92 Å². The second kappa shape index (κ2) is 11.1. The van der Waals surface area contributed by atoms with Crippen LogP contribution in [-0.2, 0) is 4.74 Å². The van der Waals surface area contributed by atoms with Gasteiger partial charge >= 0.3 is 6.01 Å². The highest BCUT2D eigenvalue weighted by Gasteiger charge is 2.49. The molecule has 1 N–H and O–H groups in total. The Bertz CT molecular complexity index is 1810. The Hall–Kier alpha value is -4.07. The molecule has 3 aliphatic heterocycles. The highest BCUT2D eigenvalue weighted by atomic mass is 19.1. The van der Waals surface area contributed by atoms with Gasteiger partial charge in [-0.15, -0.1) is 6.42 Å². The highest BCUT2D eigenvalue weighted by Crippen LogP contribution is 2.42. The molecule has 3 unspecified atom stereocenters. The fraction of sp³-hybridized carbons (Fsp3) is 0.412. The molecule has 3 aromatic carbocycles. The number of nitrogens with zero attached hydrogens (tertiary/aromatic N) is 4. The Morgan fingerprint density at radius 2 is 2.00 bits per heavy atom. The lowest BCUT2D eigenvalue weighted by atomic mass is 9.93. The first kappa shape index (κ1) is 28.7. The molecule has 4 heterocycles. The summed E-state index contributed by atoms with van der Waals surface area (Å²) in [6, 6.07) is 8.88. The maximum absolute atomic E-state index is 16.8. The maximum Gasteiger partial charge on any atom is 0.319 e. The molecule has 3 saturated heterocycles. The van der Waals surface area contributed by atoms with E-state index in [0.29, 0.717) is 61.2 Å². The second-order valence-corrected chi connectivity index (χ2v) is 12.3. The molecule has 7 rings (SSSR count). The van der Waals surface area contributed by atoms with Crippen LogP contribution in [0.15, 0.2) is 36.4 Å². The van der Waals surface area contributed by atoms with Gasteiger partial charge < -0.3 is 19.5 Å². The molecule has 7 nitrogen and oxygen atoms in total. The first-order chi connectivity index (χ1) is 21.3. The van der Waals surface area contributed by atoms with Crippen molar-refractivity contribution < 1.29 is 27.8 Å². The lowest BCUT2D eigenvalue weighted by Crippen LogP contribution is -2.43. The quantitative estimate of drug-likeness (QED) is 0.288. The molecular formula is C34H33F3N4O3. The van der Waals surface area contributed by atoms with Crippen molar-refractivity contribution in [1.82, 2.24) is 14.9 Å². The molecule has 0 bridgehead atoms. The molecule has 228 valence electrons. The van der Waals surface area contributed by atoms with Crippen molar-refractivity contribution in [3.63, 3.8) is 0 Å². The number of aromatic hydroxyl groups is 1. The number of rotatable bonds is 5. The van der Waals surface area contributed by atoms with Gasteiger partial charge in [-0.05, 0) is 60.5 Å². The van der Waals surface area contributed by atoms with Crippen molar-refractivity contribution in [3.05, 3.63) is 53.6 Å². The molecular weight excluding hydrogens is 569 g/mol. The van der Waals surface area contributed by atoms with E-state index in [9.17, 15) is 13.9 Å². The first-order valence-electron chi connectivity index (χ1n) is 15.0. The molecule has 4 aromatic rings. The molecule has 44 heavy (non-hydrogen) atoms. The number of ether oxygens (including phenoxy) is 2. The van der Waals surface area contributed by atoms with Gasteiger partial charge in [-0.3, -0.25) is 4.90 Å². The van der Waals surface area contributed by atoms with Crippen molar-refractivity contribution in [3.8, 4) is 35.2 Å². The molecule has 3 atom stereocenters. The number of fused-ring (bicyclic) bond motifs is 3. The van der Waals surface area contributed by atoms with E-state index < -0.39 is 23.3 Å². The third kappa shape index (κ3) is 4.88. The van der Waals surface area contributed by atoms with Gasteiger partial charge in [-0.2, -0.15) is 9.97 Å². The summed E-state index contributed by atoms with van der Waals surface area (Å²) in [5.74, 6) is 1.69. The summed E-state index contributed by atoms with van der Waals surface area (Å²) < 4.78 is 58.0. The predicted octanol–water partition coefficient (Wildman–Crippen LogP) is 5.84. The van der Waals surface area contributed by atoms with Gasteiger partial charge in [-0.25, -0.2) is 13.2 Å². The Kier molecular flexibility index (Phi) is 7.26. The van der Waals surface area contributed by atoms with E-state index in [4.69, 9.17) is 20.9 Å². The van der Waals surface area contributed by atoms with Gasteiger partial charge in [-0.1, -0.05) is 25.0 Å². The largest absolute Gasteiger partial charge is 0.508 e. The number of benzene rings is 3. The van der Waals surface area contributed by atoms with Gasteiger partial charge in [0.2, 0.25) is 0 Å². The number of anilines is 1. The summed E-state index contributed by atoms with van der Waals surface area (Å²) >= 11 is 0. The number of alkyl halides is 1. The molecule has 0 saturated carbocycles. The van der Waals surface area contributed by atoms with Gasteiger partial charge in [0, 0.05) is 42.4 Å². The number of hydrogen-bond donors (Lipinski definition) is 1. The first-order valence-corrected chi connectivity index (χ1v) is 15.0. The number of terminal acetylenes is 1. The minimum Gasteiger partial charge on any atom is -0.508 e. The lowest BCUT2D eigenvalue weighted by molar-refractivity contribution is 0.107. The van der Waals surface area contributed by atoms with Gasteiger partial charge in [0.15, 0.2) is 5.82 Å². The van der Waals surface area contributed by atoms with Crippen molar-refractivity contribution in [1.29, 1.82) is 0 Å². The summed E-state index contributed by atoms with van der Waals surface area (Å²) in [4.78, 5) is 13.5. The van der Waals surface area contributed by atoms with Crippen LogP contribution in [0.25, 0.3) is 32.8 Å². The van der Waals surface area contributed by atoms with E-state index >= 15 is 4.39 Å². The summed E-state index contributed by atoms with van der Waals surface area (Å²) in [6.45, 7) is 5.74. The van der Waals surface area contributed by atoms with Crippen molar-refractivity contribution in [2.45, 2.75) is 37.9 Å². The average molecular weight is 603 g/mol. The zero-order chi connectivity index (χ0) is 30.6. The molecule has 0 radical (unpaired) electrons. The maximum atomic E-state index is 16.8. The summed E-state index contributed by atoms with van der Waals surface area (Å²) in [5.41, 5.74) is -0.0940. The van der Waals surface area contributed by atoms with Gasteiger partial charge in [0.25, 0.3) is 0 Å². The summed E-state index contributed by atoms with van der Waals surface area (Å²) in [6.07, 6.45) is 6.92. The van der Waals surface area contributed by atoms with Crippen LogP contribution >= 0.6 is 0 Å². The SMILES string of the molecule is C#Cc1c(F)ccc2cc(O)cc(-c3ccc4c(N5CCOCC(C)C5)nc(OCC56CCCN5CC(F)C6)nc4c3F)c12. The smallest absolute Gasteiger partial charge is 0.319 e. The highest BCUT2D eigenvalue weighted by molar-refractivity contribution is 6.04. The molecule has 3 fully saturated rings. The Morgan fingerprint density at radius 3 is 2.84 bits per heavy atom. The van der Waals surface area contributed by atoms with E-state index in [1.807, 2.05) is 0 Å². The Labute approximate surface area is 253 Å². The van der Waals surface area contributed by atoms with Gasteiger partial charge in [0.05, 0.1) is 24.3 Å². The number of aromatic nitrogens is 2. The predicted molar refractivity (Wildman–Crippen MR) is 163 cm³/mol. The molecule has 0 aliphatic carbocycles. The van der Waals surface area contributed by atoms with Crippen LogP contribution in [0, 0.1) is 29.9 Å². The number of phenols is 1. The van der Waals surface area contributed by atoms with E-state index in [2.05, 4.69) is 27.6 Å². The van der Waals surface area contributed by atoms with Crippen LogP contribution < -0.4 is 9.64 Å². The zero-order valence-corrected chi connectivity index (χ0v) is 24.5. The van der Waals surface area contributed by atoms with E-state index in [-0.39, 0.29) is 46.5 Å². The molecule has 0 spiro atoms. The van der Waals surface area contributed by atoms with E-state index in [0.717, 1.165) is 19.4 Å². The van der Waals surface area contributed by atoms with Crippen molar-refractivity contribution >= 4 is 27.5 Å². The van der Waals surface area contributed by atoms with E-state index in [1.54, 1.807) is 12.1 Å². The fourth-order valence-electron chi connectivity index (χ4n) is 7.24. The van der Waals surface area contributed by atoms with Crippen LogP contribution in [0.4, 0.5) is 19.0 Å². The summed E-state index contributed by atoms with van der Waals surface area (Å²) in [5, 5.41) is 11.8. The topological polar surface area (TPSA) is 71.0 Å². The van der Waals surface area contributed by atoms with Crippen LogP contribution in [0.2, 0.25) is 0 Å². The molecule has 1 aromatic heterocycles. The van der Waals surface area contributed by atoms with Crippen LogP contribution in [0.1, 0.15) is 31.7 Å². The normalized spacial score (nSPS) is 24.0. The fourth-order valence-corrected chi connectivity index (χ4v) is 7.24. The van der Waals surface area contributed by atoms with Gasteiger partial charge in [0.1, 0.15) is 35.7 Å². The monoisotopic (exact) mass is 602 g/mol. The van der Waals surface area contributed by atoms with Crippen LogP contribution in [0.3, 0.4) is 0 Å². The summed E-state index contributed by atoms with van der Waals surface area (Å²) in [7, 11) is 0. The number of halogens is 3. The lowest BCUT2D eigenvalue weighted by Gasteiger charge is -2.31. The second-order valence-electron chi connectivity index (χ2n) is 12.3. The van der Waals surface area contributed by atoms with Crippen LogP contribution in [0.5, 0.6) is 11.8 Å². The Morgan fingerprint density at radius 1 is 1.14 bits per heavy atom. The Balaban J connectivity index is 1.38. The van der Waals surface area contributed by atoms with Crippen LogP contribution in [-0.4, -0.2) is 77.7 Å². The standard InChI is InChI=1S/C34H33F3N4O3/c1-3-24-28(36)8-5-21-13-23(42)14-27(29(21)24)25-6-7-26-31(30(25)37)38-33(39-32(26)40-11-12-43-18-20(2)16-40)44-19-34-9-4-10-41(34)17-22(35)15-34/h1,5-8,13-14,20,22,42H,4,9-12,15-19H2,2H3. The molecule has 10 heteroatoms. The number of phenolic OH excluding ortho intramolecular Hbond substituents is 1. The molecule has 3 aliphatic rings. The third-order valence-corrected chi connectivity index (χ3v) is 9.22. The minimum atomic E-state index is -0.916. The average Bonchev–Trinajstić information content (AvgIpc) is 3.43. The number of hydrogen-bond acceptors (Lipinski definition) is 7. The van der Waals surface area contributed by atoms with E-state index in [1.165, 1.54) is 24.3 Å². The van der Waals surface area contributed by atoms with Crippen molar-refractivity contribution in [2.75, 3.05) is 50.9 Å². The third-order valence-electron chi connectivity index (χ3n) is 9.22. The zero-order valence-electron chi connectivity index (χ0n) is 24.5.